The molecule has 112 valence electrons. The number of ether oxygens (including phenoxy) is 1. The molecule has 0 aromatic heterocycles. The largest absolute Gasteiger partial charge is 0.467 e. The number of methoxy groups -OCH3 is 1. The number of rotatable bonds is 4. The average Bonchev–Trinajstić information content (AvgIpc) is 2.49. The van der Waals surface area contributed by atoms with Crippen molar-refractivity contribution >= 4 is 17.8 Å². The molecule has 0 aliphatic carbocycles. The molecule has 6 nitrogen and oxygen atoms in total. The number of carbonyl (C=O) groups excluding carboxylic acids is 3. The van der Waals surface area contributed by atoms with Crippen LogP contribution in [0.1, 0.15) is 18.4 Å². The fourth-order valence-electron chi connectivity index (χ4n) is 2.29. The molecule has 1 aliphatic rings. The van der Waals surface area contributed by atoms with Gasteiger partial charge in [0.15, 0.2) is 0 Å². The molecule has 0 spiro atoms. The summed E-state index contributed by atoms with van der Waals surface area (Å²) in [5, 5.41) is 5.25. The molecule has 2 amide bonds. The maximum Gasteiger partial charge on any atom is 0.328 e. The van der Waals surface area contributed by atoms with Crippen molar-refractivity contribution in [3.05, 3.63) is 35.9 Å². The quantitative estimate of drug-likeness (QED) is 0.774. The van der Waals surface area contributed by atoms with Gasteiger partial charge >= 0.3 is 5.97 Å². The fourth-order valence-corrected chi connectivity index (χ4v) is 2.29. The van der Waals surface area contributed by atoms with Gasteiger partial charge in [-0.15, -0.1) is 0 Å². The van der Waals surface area contributed by atoms with Crippen molar-refractivity contribution in [2.45, 2.75) is 31.3 Å². The van der Waals surface area contributed by atoms with E-state index in [1.807, 2.05) is 30.3 Å². The monoisotopic (exact) mass is 290 g/mol. The Morgan fingerprint density at radius 2 is 2.00 bits per heavy atom. The van der Waals surface area contributed by atoms with Gasteiger partial charge in [-0.05, 0) is 18.4 Å². The number of piperidine rings is 1. The second-order valence-corrected chi connectivity index (χ2v) is 4.94. The van der Waals surface area contributed by atoms with Crippen LogP contribution in [0.25, 0.3) is 0 Å². The van der Waals surface area contributed by atoms with Gasteiger partial charge < -0.3 is 15.4 Å². The smallest absolute Gasteiger partial charge is 0.328 e. The second kappa shape index (κ2) is 6.88. The lowest BCUT2D eigenvalue weighted by molar-refractivity contribution is -0.147. The summed E-state index contributed by atoms with van der Waals surface area (Å²) in [6.45, 7) is 0. The van der Waals surface area contributed by atoms with E-state index in [1.54, 1.807) is 0 Å². The normalized spacial score (nSPS) is 21.3. The van der Waals surface area contributed by atoms with E-state index in [-0.39, 0.29) is 18.2 Å². The van der Waals surface area contributed by atoms with Crippen LogP contribution >= 0.6 is 0 Å². The molecule has 0 bridgehead atoms. The van der Waals surface area contributed by atoms with Gasteiger partial charge in [-0.2, -0.15) is 0 Å². The Kier molecular flexibility index (Phi) is 4.92. The van der Waals surface area contributed by atoms with Crippen molar-refractivity contribution in [3.8, 4) is 0 Å². The SMILES string of the molecule is COC(=O)[C@H]1CC[C@@H](NC(=O)Cc2ccccc2)C(=O)N1. The molecule has 21 heavy (non-hydrogen) atoms. The molecule has 1 fully saturated rings. The van der Waals surface area contributed by atoms with E-state index in [0.29, 0.717) is 12.8 Å². The summed E-state index contributed by atoms with van der Waals surface area (Å²) in [7, 11) is 1.28. The summed E-state index contributed by atoms with van der Waals surface area (Å²) < 4.78 is 4.59. The zero-order valence-electron chi connectivity index (χ0n) is 11.8. The lowest BCUT2D eigenvalue weighted by Gasteiger charge is -2.28. The van der Waals surface area contributed by atoms with Crippen LogP contribution in [0.5, 0.6) is 0 Å². The summed E-state index contributed by atoms with van der Waals surface area (Å²) in [4.78, 5) is 35.2. The predicted octanol–water partition coefficient (Wildman–Crippen LogP) is 0.165. The van der Waals surface area contributed by atoms with Crippen molar-refractivity contribution in [1.29, 1.82) is 0 Å². The van der Waals surface area contributed by atoms with E-state index >= 15 is 0 Å². The Balaban J connectivity index is 1.85. The number of carbonyl (C=O) groups is 3. The lowest BCUT2D eigenvalue weighted by atomic mass is 9.99. The van der Waals surface area contributed by atoms with Gasteiger partial charge in [0, 0.05) is 0 Å². The molecule has 1 aromatic carbocycles. The van der Waals surface area contributed by atoms with Crippen LogP contribution in [0.2, 0.25) is 0 Å². The zero-order valence-corrected chi connectivity index (χ0v) is 11.8. The van der Waals surface area contributed by atoms with E-state index < -0.39 is 18.1 Å². The number of esters is 1. The first-order valence-electron chi connectivity index (χ1n) is 6.81. The molecule has 2 rings (SSSR count). The molecule has 1 heterocycles. The molecule has 1 aromatic rings. The summed E-state index contributed by atoms with van der Waals surface area (Å²) in [5.74, 6) is -1.02. The molecule has 0 saturated carbocycles. The van der Waals surface area contributed by atoms with Crippen LogP contribution in [0.15, 0.2) is 30.3 Å². The third-order valence-corrected chi connectivity index (χ3v) is 3.41. The minimum Gasteiger partial charge on any atom is -0.467 e. The molecule has 0 radical (unpaired) electrons. The standard InChI is InChI=1S/C15H18N2O4/c1-21-15(20)12-8-7-11(14(19)17-12)16-13(18)9-10-5-3-2-4-6-10/h2-6,11-12H,7-9H2,1H3,(H,16,18)(H,17,19)/t11-,12-/m1/s1. The Labute approximate surface area is 122 Å². The number of benzene rings is 1. The van der Waals surface area contributed by atoms with Crippen molar-refractivity contribution in [2.75, 3.05) is 7.11 Å². The van der Waals surface area contributed by atoms with E-state index in [9.17, 15) is 14.4 Å². The molecule has 1 aliphatic heterocycles. The van der Waals surface area contributed by atoms with Crippen LogP contribution in [-0.4, -0.2) is 37.0 Å². The highest BCUT2D eigenvalue weighted by Gasteiger charge is 2.32. The van der Waals surface area contributed by atoms with Crippen LogP contribution in [0, 0.1) is 0 Å². The van der Waals surface area contributed by atoms with Gasteiger partial charge in [0.05, 0.1) is 13.5 Å². The van der Waals surface area contributed by atoms with Gasteiger partial charge in [-0.1, -0.05) is 30.3 Å². The Hall–Kier alpha value is -2.37. The minimum absolute atomic E-state index is 0.210. The molecule has 2 atom stereocenters. The maximum atomic E-state index is 11.9. The summed E-state index contributed by atoms with van der Waals surface area (Å²) in [6.07, 6.45) is 1.10. The van der Waals surface area contributed by atoms with Crippen molar-refractivity contribution in [1.82, 2.24) is 10.6 Å². The van der Waals surface area contributed by atoms with E-state index in [4.69, 9.17) is 0 Å². The number of amides is 2. The zero-order chi connectivity index (χ0) is 15.2. The molecule has 2 N–H and O–H groups in total. The lowest BCUT2D eigenvalue weighted by Crippen LogP contribution is -2.56. The molecule has 1 saturated heterocycles. The third kappa shape index (κ3) is 4.05. The van der Waals surface area contributed by atoms with E-state index in [2.05, 4.69) is 15.4 Å². The Bertz CT molecular complexity index is 530. The Morgan fingerprint density at radius 3 is 2.62 bits per heavy atom. The molecule has 0 unspecified atom stereocenters. The highest BCUT2D eigenvalue weighted by Crippen LogP contribution is 2.11. The highest BCUT2D eigenvalue weighted by molar-refractivity contribution is 5.92. The topological polar surface area (TPSA) is 84.5 Å². The summed E-state index contributed by atoms with van der Waals surface area (Å²) in [6, 6.07) is 8.09. The van der Waals surface area contributed by atoms with Crippen molar-refractivity contribution in [3.63, 3.8) is 0 Å². The summed E-state index contributed by atoms with van der Waals surface area (Å²) >= 11 is 0. The van der Waals surface area contributed by atoms with Gasteiger partial charge in [0.1, 0.15) is 12.1 Å². The fraction of sp³-hybridized carbons (Fsp3) is 0.400. The van der Waals surface area contributed by atoms with Crippen molar-refractivity contribution in [2.24, 2.45) is 0 Å². The van der Waals surface area contributed by atoms with Gasteiger partial charge in [0.2, 0.25) is 11.8 Å². The highest BCUT2D eigenvalue weighted by atomic mass is 16.5. The number of hydrogen-bond acceptors (Lipinski definition) is 4. The Morgan fingerprint density at radius 1 is 1.29 bits per heavy atom. The maximum absolute atomic E-state index is 11.9. The van der Waals surface area contributed by atoms with Gasteiger partial charge in [-0.3, -0.25) is 9.59 Å². The van der Waals surface area contributed by atoms with Crippen LogP contribution in [-0.2, 0) is 25.5 Å². The van der Waals surface area contributed by atoms with E-state index in [0.717, 1.165) is 5.56 Å². The molecular formula is C15H18N2O4. The first kappa shape index (κ1) is 15.0. The summed E-state index contributed by atoms with van der Waals surface area (Å²) in [5.41, 5.74) is 0.888. The first-order chi connectivity index (χ1) is 10.1. The number of nitrogens with one attached hydrogen (secondary N) is 2. The first-order valence-corrected chi connectivity index (χ1v) is 6.81. The van der Waals surface area contributed by atoms with Crippen LogP contribution in [0.3, 0.4) is 0 Å². The van der Waals surface area contributed by atoms with Gasteiger partial charge in [0.25, 0.3) is 0 Å². The number of hydrogen-bond donors (Lipinski definition) is 2. The molecule has 6 heteroatoms. The van der Waals surface area contributed by atoms with E-state index in [1.165, 1.54) is 7.11 Å². The van der Waals surface area contributed by atoms with Crippen molar-refractivity contribution < 1.29 is 19.1 Å². The van der Waals surface area contributed by atoms with Crippen LogP contribution < -0.4 is 10.6 Å². The van der Waals surface area contributed by atoms with Crippen LogP contribution in [0.4, 0.5) is 0 Å². The van der Waals surface area contributed by atoms with Gasteiger partial charge in [-0.25, -0.2) is 4.79 Å². The predicted molar refractivity (Wildman–Crippen MR) is 75.3 cm³/mol. The average molecular weight is 290 g/mol. The third-order valence-electron chi connectivity index (χ3n) is 3.41. The second-order valence-electron chi connectivity index (χ2n) is 4.94. The minimum atomic E-state index is -0.621. The molecular weight excluding hydrogens is 272 g/mol.